The van der Waals surface area contributed by atoms with Gasteiger partial charge in [0.15, 0.2) is 15.0 Å². The van der Waals surface area contributed by atoms with Crippen molar-refractivity contribution in [3.8, 4) is 0 Å². The number of nitrogens with zero attached hydrogens (tertiary/aromatic N) is 2. The van der Waals surface area contributed by atoms with E-state index >= 15 is 0 Å². The molecular weight excluding hydrogens is 504 g/mol. The molecule has 1 aliphatic rings. The predicted octanol–water partition coefficient (Wildman–Crippen LogP) is 5.90. The van der Waals surface area contributed by atoms with E-state index in [1.165, 1.54) is 11.1 Å². The highest BCUT2D eigenvalue weighted by Gasteiger charge is 2.33. The minimum absolute atomic E-state index is 0.223. The average molecular weight is 526 g/mol. The fourth-order valence-corrected chi connectivity index (χ4v) is 7.33. The summed E-state index contributed by atoms with van der Waals surface area (Å²) in [5.41, 5.74) is 3.55. The predicted molar refractivity (Wildman–Crippen MR) is 128 cm³/mol. The molecule has 0 atom stereocenters. The number of halogens is 2. The smallest absolute Gasteiger partial charge is 0.185 e. The number of aromatic nitrogens is 1. The number of hydrogen-bond acceptors (Lipinski definition) is 5. The maximum Gasteiger partial charge on any atom is 0.185 e. The van der Waals surface area contributed by atoms with Crippen molar-refractivity contribution in [2.75, 3.05) is 18.0 Å². The van der Waals surface area contributed by atoms with E-state index < -0.39 is 15.1 Å². The van der Waals surface area contributed by atoms with Gasteiger partial charge in [-0.1, -0.05) is 57.4 Å². The van der Waals surface area contributed by atoms with Crippen LogP contribution in [-0.4, -0.2) is 31.7 Å². The lowest BCUT2D eigenvalue weighted by Crippen LogP contribution is -2.39. The van der Waals surface area contributed by atoms with Crippen LogP contribution in [0.1, 0.15) is 29.7 Å². The lowest BCUT2D eigenvalue weighted by molar-refractivity contribution is 0.529. The number of hydrogen-bond donors (Lipinski definition) is 0. The maximum atomic E-state index is 13.1. The zero-order valence-corrected chi connectivity index (χ0v) is 20.5. The van der Waals surface area contributed by atoms with E-state index in [2.05, 4.69) is 57.4 Å². The molecule has 0 amide bonds. The van der Waals surface area contributed by atoms with E-state index in [-0.39, 0.29) is 9.92 Å². The van der Waals surface area contributed by atoms with Crippen LogP contribution in [0.2, 0.25) is 5.02 Å². The summed E-state index contributed by atoms with van der Waals surface area (Å²) in [7, 11) is -3.45. The van der Waals surface area contributed by atoms with Crippen LogP contribution in [0, 0.1) is 6.92 Å². The van der Waals surface area contributed by atoms with Gasteiger partial charge in [0, 0.05) is 29.4 Å². The van der Waals surface area contributed by atoms with Crippen molar-refractivity contribution in [3.63, 3.8) is 0 Å². The highest BCUT2D eigenvalue weighted by Crippen LogP contribution is 2.33. The minimum Gasteiger partial charge on any atom is -0.348 e. The van der Waals surface area contributed by atoms with Crippen molar-refractivity contribution in [1.29, 1.82) is 0 Å². The molecule has 0 unspecified atom stereocenters. The van der Waals surface area contributed by atoms with Crippen molar-refractivity contribution in [1.82, 2.24) is 4.98 Å². The summed E-state index contributed by atoms with van der Waals surface area (Å²) < 4.78 is 26.9. The molecule has 2 heterocycles. The van der Waals surface area contributed by atoms with Crippen LogP contribution in [0.3, 0.4) is 0 Å². The summed E-state index contributed by atoms with van der Waals surface area (Å²) in [5.74, 6) is 0. The van der Waals surface area contributed by atoms with Gasteiger partial charge in [-0.05, 0) is 43.5 Å². The van der Waals surface area contributed by atoms with Crippen LogP contribution in [0.25, 0.3) is 0 Å². The third-order valence-corrected chi connectivity index (χ3v) is 9.58. The fourth-order valence-electron chi connectivity index (χ4n) is 3.68. The number of aryl methyl sites for hydroxylation is 1. The van der Waals surface area contributed by atoms with Crippen LogP contribution >= 0.6 is 38.9 Å². The first kappa shape index (κ1) is 21.8. The van der Waals surface area contributed by atoms with E-state index in [1.807, 2.05) is 0 Å². The molecule has 0 saturated carbocycles. The number of anilines is 1. The third-order valence-electron chi connectivity index (χ3n) is 5.40. The molecule has 2 aromatic carbocycles. The summed E-state index contributed by atoms with van der Waals surface area (Å²) in [6, 6.07) is 13.5. The van der Waals surface area contributed by atoms with Crippen molar-refractivity contribution >= 4 is 53.8 Å². The monoisotopic (exact) mass is 524 g/mol. The van der Waals surface area contributed by atoms with Crippen LogP contribution in [0.4, 0.5) is 5.13 Å². The van der Waals surface area contributed by atoms with Gasteiger partial charge >= 0.3 is 0 Å². The Morgan fingerprint density at radius 1 is 1.17 bits per heavy atom. The Kier molecular flexibility index (Phi) is 6.53. The second-order valence-electron chi connectivity index (χ2n) is 7.59. The van der Waals surface area contributed by atoms with Crippen molar-refractivity contribution in [2.24, 2.45) is 0 Å². The number of benzene rings is 2. The molecule has 1 saturated heterocycles. The molecule has 1 fully saturated rings. The summed E-state index contributed by atoms with van der Waals surface area (Å²) >= 11 is 11.2. The molecule has 3 aromatic rings. The Morgan fingerprint density at radius 2 is 1.87 bits per heavy atom. The maximum absolute atomic E-state index is 13.1. The SMILES string of the molecule is Cc1ccc(Cc2csc(N3CCC(S(=O)(=O)c4ccc(Br)cc4Cl)CC3)n2)cc1. The zero-order valence-electron chi connectivity index (χ0n) is 16.5. The van der Waals surface area contributed by atoms with Crippen molar-refractivity contribution in [2.45, 2.75) is 36.3 Å². The molecule has 158 valence electrons. The van der Waals surface area contributed by atoms with Crippen LogP contribution < -0.4 is 4.90 Å². The Labute approximate surface area is 195 Å². The second kappa shape index (κ2) is 8.99. The van der Waals surface area contributed by atoms with Gasteiger partial charge in [0.25, 0.3) is 0 Å². The van der Waals surface area contributed by atoms with E-state index in [4.69, 9.17) is 16.6 Å². The van der Waals surface area contributed by atoms with Crippen LogP contribution in [0.15, 0.2) is 57.2 Å². The lowest BCUT2D eigenvalue weighted by atomic mass is 10.1. The Hall–Kier alpha value is -1.41. The van der Waals surface area contributed by atoms with Crippen LogP contribution in [-0.2, 0) is 16.3 Å². The highest BCUT2D eigenvalue weighted by molar-refractivity contribution is 9.10. The third kappa shape index (κ3) is 4.74. The molecular formula is C22H22BrClN2O2S2. The largest absolute Gasteiger partial charge is 0.348 e. The number of rotatable bonds is 5. The van der Waals surface area contributed by atoms with E-state index in [1.54, 1.807) is 29.5 Å². The van der Waals surface area contributed by atoms with Gasteiger partial charge in [-0.3, -0.25) is 0 Å². The fraction of sp³-hybridized carbons (Fsp3) is 0.318. The minimum atomic E-state index is -3.45. The Balaban J connectivity index is 1.41. The van der Waals surface area contributed by atoms with Crippen molar-refractivity contribution in [3.05, 3.63) is 74.2 Å². The van der Waals surface area contributed by atoms with Gasteiger partial charge in [-0.25, -0.2) is 13.4 Å². The number of piperidine rings is 1. The lowest BCUT2D eigenvalue weighted by Gasteiger charge is -2.31. The van der Waals surface area contributed by atoms with Crippen molar-refractivity contribution < 1.29 is 8.42 Å². The van der Waals surface area contributed by atoms with Gasteiger partial charge in [0.05, 0.1) is 20.9 Å². The number of thiazole rings is 1. The average Bonchev–Trinajstić information content (AvgIpc) is 3.18. The second-order valence-corrected chi connectivity index (χ2v) is 11.9. The molecule has 0 bridgehead atoms. The number of sulfone groups is 1. The molecule has 1 aromatic heterocycles. The van der Waals surface area contributed by atoms with Crippen LogP contribution in [0.5, 0.6) is 0 Å². The van der Waals surface area contributed by atoms with Gasteiger partial charge in [-0.2, -0.15) is 0 Å². The Morgan fingerprint density at radius 3 is 2.53 bits per heavy atom. The van der Waals surface area contributed by atoms with Gasteiger partial charge in [-0.15, -0.1) is 11.3 Å². The van der Waals surface area contributed by atoms with Gasteiger partial charge < -0.3 is 4.90 Å². The normalized spacial score (nSPS) is 15.5. The molecule has 1 aliphatic heterocycles. The first-order valence-corrected chi connectivity index (χ1v) is 13.4. The zero-order chi connectivity index (χ0) is 21.3. The topological polar surface area (TPSA) is 50.3 Å². The first-order chi connectivity index (χ1) is 14.3. The molecule has 0 radical (unpaired) electrons. The highest BCUT2D eigenvalue weighted by atomic mass is 79.9. The molecule has 0 spiro atoms. The van der Waals surface area contributed by atoms with Gasteiger partial charge in [0.2, 0.25) is 0 Å². The Bertz CT molecular complexity index is 1140. The quantitative estimate of drug-likeness (QED) is 0.416. The molecule has 4 rings (SSSR count). The van der Waals surface area contributed by atoms with E-state index in [9.17, 15) is 8.42 Å². The molecule has 30 heavy (non-hydrogen) atoms. The standard InChI is InChI=1S/C22H22BrClN2O2S2/c1-15-2-4-16(5-3-15)12-18-14-29-22(25-18)26-10-8-19(9-11-26)30(27,28)21-7-6-17(23)13-20(21)24/h2-7,13-14,19H,8-12H2,1H3. The van der Waals surface area contributed by atoms with E-state index in [0.717, 1.165) is 21.7 Å². The summed E-state index contributed by atoms with van der Waals surface area (Å²) in [5, 5.41) is 2.92. The molecule has 0 aliphatic carbocycles. The molecule has 0 N–H and O–H groups in total. The van der Waals surface area contributed by atoms with E-state index in [0.29, 0.717) is 25.9 Å². The summed E-state index contributed by atoms with van der Waals surface area (Å²) in [4.78, 5) is 7.21. The first-order valence-electron chi connectivity index (χ1n) is 9.77. The van der Waals surface area contributed by atoms with Gasteiger partial charge in [0.1, 0.15) is 0 Å². The summed E-state index contributed by atoms with van der Waals surface area (Å²) in [6.07, 6.45) is 1.95. The molecule has 8 heteroatoms. The summed E-state index contributed by atoms with van der Waals surface area (Å²) in [6.45, 7) is 3.43. The molecule has 4 nitrogen and oxygen atoms in total.